The molecule has 100 valence electrons. The molecule has 1 amide bonds. The number of hydrogen-bond acceptors (Lipinski definition) is 5. The number of nitrogens with two attached hydrogens (primary N) is 1. The number of nitrogens with zero attached hydrogens (tertiary/aromatic N) is 1. The maximum absolute atomic E-state index is 12.0. The molecule has 0 saturated carbocycles. The Balaban J connectivity index is 2.16. The average Bonchev–Trinajstić information content (AvgIpc) is 2.89. The molecule has 0 bridgehead atoms. The van der Waals surface area contributed by atoms with E-state index in [9.17, 15) is 9.90 Å². The van der Waals surface area contributed by atoms with Crippen LogP contribution in [-0.4, -0.2) is 16.0 Å². The van der Waals surface area contributed by atoms with Gasteiger partial charge in [0, 0.05) is 16.6 Å². The van der Waals surface area contributed by atoms with Crippen LogP contribution in [0.4, 0.5) is 5.69 Å². The van der Waals surface area contributed by atoms with Crippen molar-refractivity contribution >= 4 is 22.9 Å². The fourth-order valence-corrected chi connectivity index (χ4v) is 2.33. The van der Waals surface area contributed by atoms with Crippen LogP contribution in [0.15, 0.2) is 29.6 Å². The van der Waals surface area contributed by atoms with E-state index in [2.05, 4.69) is 10.3 Å². The van der Waals surface area contributed by atoms with Gasteiger partial charge < -0.3 is 16.2 Å². The van der Waals surface area contributed by atoms with Gasteiger partial charge in [-0.15, -0.1) is 11.3 Å². The van der Waals surface area contributed by atoms with E-state index in [1.807, 2.05) is 6.92 Å². The summed E-state index contributed by atoms with van der Waals surface area (Å²) >= 11 is 1.36. The smallest absolute Gasteiger partial charge is 0.275 e. The zero-order chi connectivity index (χ0) is 13.8. The number of aliphatic hydroxyl groups is 1. The van der Waals surface area contributed by atoms with Crippen LogP contribution in [0.25, 0.3) is 0 Å². The Labute approximate surface area is 115 Å². The zero-order valence-electron chi connectivity index (χ0n) is 10.5. The lowest BCUT2D eigenvalue weighted by Crippen LogP contribution is -2.14. The molecule has 2 rings (SSSR count). The van der Waals surface area contributed by atoms with E-state index in [4.69, 9.17) is 5.73 Å². The van der Waals surface area contributed by atoms with Gasteiger partial charge in [-0.05, 0) is 13.0 Å². The topological polar surface area (TPSA) is 88.2 Å². The maximum Gasteiger partial charge on any atom is 0.275 e. The van der Waals surface area contributed by atoms with Crippen molar-refractivity contribution in [1.29, 1.82) is 0 Å². The zero-order valence-corrected chi connectivity index (χ0v) is 11.3. The molecular weight excluding hydrogens is 262 g/mol. The quantitative estimate of drug-likeness (QED) is 0.796. The van der Waals surface area contributed by atoms with Gasteiger partial charge in [0.15, 0.2) is 0 Å². The molecule has 0 fully saturated rings. The number of carbonyl (C=O) groups is 1. The monoisotopic (exact) mass is 277 g/mol. The number of rotatable bonds is 4. The number of aliphatic hydroxyl groups excluding tert-OH is 1. The fraction of sp³-hybridized carbons (Fsp3) is 0.231. The normalized spacial score (nSPS) is 12.2. The second-order valence-electron chi connectivity index (χ2n) is 4.13. The second kappa shape index (κ2) is 5.92. The third-order valence-corrected chi connectivity index (χ3v) is 3.63. The molecule has 0 spiro atoms. The number of nitrogens with one attached hydrogen (secondary N) is 1. The number of anilines is 1. The molecule has 0 radical (unpaired) electrons. The first kappa shape index (κ1) is 13.7. The van der Waals surface area contributed by atoms with Gasteiger partial charge in [0.05, 0.1) is 12.6 Å². The third kappa shape index (κ3) is 3.17. The molecule has 0 aliphatic rings. The van der Waals surface area contributed by atoms with Crippen LogP contribution < -0.4 is 11.1 Å². The van der Waals surface area contributed by atoms with Crippen molar-refractivity contribution in [2.24, 2.45) is 5.73 Å². The van der Waals surface area contributed by atoms with Crippen LogP contribution in [0.1, 0.15) is 34.0 Å². The molecule has 5 nitrogen and oxygen atoms in total. The molecule has 1 heterocycles. The van der Waals surface area contributed by atoms with E-state index in [0.717, 1.165) is 5.01 Å². The van der Waals surface area contributed by atoms with Gasteiger partial charge >= 0.3 is 0 Å². The van der Waals surface area contributed by atoms with E-state index >= 15 is 0 Å². The minimum absolute atomic E-state index is 0.126. The predicted molar refractivity (Wildman–Crippen MR) is 75.0 cm³/mol. The average molecular weight is 277 g/mol. The largest absolute Gasteiger partial charge is 0.392 e. The maximum atomic E-state index is 12.0. The van der Waals surface area contributed by atoms with Crippen molar-refractivity contribution in [3.8, 4) is 0 Å². The Kier molecular flexibility index (Phi) is 4.26. The number of aromatic nitrogens is 1. The first-order chi connectivity index (χ1) is 9.11. The highest BCUT2D eigenvalue weighted by atomic mass is 32.1. The van der Waals surface area contributed by atoms with Crippen molar-refractivity contribution in [2.75, 3.05) is 5.32 Å². The number of benzene rings is 1. The van der Waals surface area contributed by atoms with Crippen LogP contribution in [0, 0.1) is 0 Å². The Hall–Kier alpha value is -1.76. The van der Waals surface area contributed by atoms with Crippen LogP contribution >= 0.6 is 11.3 Å². The molecule has 0 aliphatic heterocycles. The molecule has 0 saturated heterocycles. The van der Waals surface area contributed by atoms with Crippen LogP contribution in [-0.2, 0) is 6.61 Å². The summed E-state index contributed by atoms with van der Waals surface area (Å²) in [6.07, 6.45) is 0. The summed E-state index contributed by atoms with van der Waals surface area (Å²) in [7, 11) is 0. The molecule has 1 atom stereocenters. The predicted octanol–water partition coefficient (Wildman–Crippen LogP) is 1.91. The van der Waals surface area contributed by atoms with Gasteiger partial charge in [0.2, 0.25) is 0 Å². The van der Waals surface area contributed by atoms with Crippen LogP contribution in [0.3, 0.4) is 0 Å². The molecule has 1 aromatic carbocycles. The van der Waals surface area contributed by atoms with E-state index in [1.54, 1.807) is 29.6 Å². The van der Waals surface area contributed by atoms with Crippen LogP contribution in [0.5, 0.6) is 0 Å². The standard InChI is InChI=1S/C13H15N3O2S/c1-8(14)13-16-11(7-19-13)12(18)15-10-5-3-2-4-9(10)6-17/h2-5,7-8,17H,6,14H2,1H3,(H,15,18). The summed E-state index contributed by atoms with van der Waals surface area (Å²) < 4.78 is 0. The first-order valence-corrected chi connectivity index (χ1v) is 6.71. The Morgan fingerprint density at radius 1 is 1.53 bits per heavy atom. The highest BCUT2D eigenvalue weighted by Crippen LogP contribution is 2.19. The molecule has 1 aromatic heterocycles. The molecule has 4 N–H and O–H groups in total. The lowest BCUT2D eigenvalue weighted by molar-refractivity contribution is 0.102. The van der Waals surface area contributed by atoms with E-state index in [1.165, 1.54) is 11.3 Å². The molecule has 6 heteroatoms. The summed E-state index contributed by atoms with van der Waals surface area (Å²) in [5.41, 5.74) is 7.30. The van der Waals surface area contributed by atoms with Crippen molar-refractivity contribution in [1.82, 2.24) is 4.98 Å². The van der Waals surface area contributed by atoms with Crippen molar-refractivity contribution < 1.29 is 9.90 Å². The number of para-hydroxylation sites is 1. The number of amides is 1. The van der Waals surface area contributed by atoms with Crippen LogP contribution in [0.2, 0.25) is 0 Å². The second-order valence-corrected chi connectivity index (χ2v) is 5.02. The lowest BCUT2D eigenvalue weighted by atomic mass is 10.2. The number of carbonyl (C=O) groups excluding carboxylic acids is 1. The third-order valence-electron chi connectivity index (χ3n) is 2.58. The number of hydrogen-bond donors (Lipinski definition) is 3. The minimum Gasteiger partial charge on any atom is -0.392 e. The molecular formula is C13H15N3O2S. The summed E-state index contributed by atoms with van der Waals surface area (Å²) in [5.74, 6) is -0.302. The molecule has 19 heavy (non-hydrogen) atoms. The van der Waals surface area contributed by atoms with Crippen molar-refractivity contribution in [3.05, 3.63) is 45.9 Å². The van der Waals surface area contributed by atoms with E-state index in [-0.39, 0.29) is 18.6 Å². The van der Waals surface area contributed by atoms with E-state index < -0.39 is 0 Å². The Bertz CT molecular complexity index is 581. The highest BCUT2D eigenvalue weighted by Gasteiger charge is 2.13. The van der Waals surface area contributed by atoms with Gasteiger partial charge in [-0.1, -0.05) is 18.2 Å². The molecule has 0 aliphatic carbocycles. The summed E-state index contributed by atoms with van der Waals surface area (Å²) in [6.45, 7) is 1.69. The Morgan fingerprint density at radius 3 is 2.89 bits per heavy atom. The minimum atomic E-state index is -0.302. The summed E-state index contributed by atoms with van der Waals surface area (Å²) in [5, 5.41) is 14.3. The number of thiazole rings is 1. The van der Waals surface area contributed by atoms with Gasteiger partial charge in [-0.3, -0.25) is 4.79 Å². The SMILES string of the molecule is CC(N)c1nc(C(=O)Nc2ccccc2CO)cs1. The lowest BCUT2D eigenvalue weighted by Gasteiger charge is -2.07. The van der Waals surface area contributed by atoms with E-state index in [0.29, 0.717) is 16.9 Å². The Morgan fingerprint density at radius 2 is 2.26 bits per heavy atom. The molecule has 2 aromatic rings. The summed E-state index contributed by atoms with van der Waals surface area (Å²) in [6, 6.07) is 6.91. The molecule has 1 unspecified atom stereocenters. The summed E-state index contributed by atoms with van der Waals surface area (Å²) in [4.78, 5) is 16.2. The highest BCUT2D eigenvalue weighted by molar-refractivity contribution is 7.09. The van der Waals surface area contributed by atoms with Crippen molar-refractivity contribution in [2.45, 2.75) is 19.6 Å². The first-order valence-electron chi connectivity index (χ1n) is 5.83. The van der Waals surface area contributed by atoms with Gasteiger partial charge in [0.1, 0.15) is 10.7 Å². The van der Waals surface area contributed by atoms with Crippen molar-refractivity contribution in [3.63, 3.8) is 0 Å². The fourth-order valence-electron chi connectivity index (χ4n) is 1.57. The van der Waals surface area contributed by atoms with Gasteiger partial charge in [-0.2, -0.15) is 0 Å². The van der Waals surface area contributed by atoms with Gasteiger partial charge in [-0.25, -0.2) is 4.98 Å². The van der Waals surface area contributed by atoms with Gasteiger partial charge in [0.25, 0.3) is 5.91 Å².